The Balaban J connectivity index is 2.02. The molecule has 0 radical (unpaired) electrons. The predicted octanol–water partition coefficient (Wildman–Crippen LogP) is 2.64. The molecule has 2 aromatic rings. The molecule has 0 spiro atoms. The number of pyridine rings is 1. The SMILES string of the molecule is c1cnc2c(C3CCCCN3)coc2c1. The summed E-state index contributed by atoms with van der Waals surface area (Å²) in [6, 6.07) is 4.30. The van der Waals surface area contributed by atoms with Crippen molar-refractivity contribution in [1.82, 2.24) is 10.3 Å². The van der Waals surface area contributed by atoms with Crippen LogP contribution in [0.5, 0.6) is 0 Å². The zero-order valence-corrected chi connectivity index (χ0v) is 8.57. The van der Waals surface area contributed by atoms with E-state index in [0.717, 1.165) is 17.6 Å². The predicted molar refractivity (Wildman–Crippen MR) is 58.6 cm³/mol. The second-order valence-corrected chi connectivity index (χ2v) is 4.04. The maximum Gasteiger partial charge on any atom is 0.152 e. The van der Waals surface area contributed by atoms with Gasteiger partial charge < -0.3 is 9.73 Å². The molecule has 1 aliphatic heterocycles. The number of hydrogen-bond acceptors (Lipinski definition) is 3. The zero-order valence-electron chi connectivity index (χ0n) is 8.57. The molecule has 1 N–H and O–H groups in total. The summed E-state index contributed by atoms with van der Waals surface area (Å²) in [5, 5.41) is 3.51. The Labute approximate surface area is 88.5 Å². The number of nitrogens with zero attached hydrogens (tertiary/aromatic N) is 1. The largest absolute Gasteiger partial charge is 0.462 e. The minimum Gasteiger partial charge on any atom is -0.462 e. The summed E-state index contributed by atoms with van der Waals surface area (Å²) in [7, 11) is 0. The Kier molecular flexibility index (Phi) is 2.18. The highest BCUT2D eigenvalue weighted by Gasteiger charge is 2.19. The van der Waals surface area contributed by atoms with E-state index in [1.807, 2.05) is 24.6 Å². The highest BCUT2D eigenvalue weighted by atomic mass is 16.3. The maximum absolute atomic E-state index is 5.50. The number of hydrogen-bond donors (Lipinski definition) is 1. The van der Waals surface area contributed by atoms with Gasteiger partial charge in [0.05, 0.1) is 6.26 Å². The molecule has 1 unspecified atom stereocenters. The Morgan fingerprint density at radius 1 is 1.40 bits per heavy atom. The molecule has 1 aliphatic rings. The fourth-order valence-corrected chi connectivity index (χ4v) is 2.25. The number of fused-ring (bicyclic) bond motifs is 1. The van der Waals surface area contributed by atoms with Gasteiger partial charge in [-0.05, 0) is 31.5 Å². The van der Waals surface area contributed by atoms with Gasteiger partial charge >= 0.3 is 0 Å². The van der Waals surface area contributed by atoms with Gasteiger partial charge in [-0.2, -0.15) is 0 Å². The molecule has 1 atom stereocenters. The minimum absolute atomic E-state index is 0.426. The van der Waals surface area contributed by atoms with E-state index in [2.05, 4.69) is 10.3 Å². The van der Waals surface area contributed by atoms with Gasteiger partial charge in [-0.1, -0.05) is 6.42 Å². The first kappa shape index (κ1) is 8.92. The first-order chi connectivity index (χ1) is 7.45. The number of aromatic nitrogens is 1. The molecule has 1 fully saturated rings. The first-order valence-electron chi connectivity index (χ1n) is 5.50. The molecule has 3 nitrogen and oxygen atoms in total. The molecule has 3 heterocycles. The summed E-state index contributed by atoms with van der Waals surface area (Å²) in [5.74, 6) is 0. The number of furan rings is 1. The molecule has 0 saturated carbocycles. The van der Waals surface area contributed by atoms with Gasteiger partial charge in [-0.3, -0.25) is 4.98 Å². The van der Waals surface area contributed by atoms with Crippen molar-refractivity contribution in [3.63, 3.8) is 0 Å². The molecule has 0 aromatic carbocycles. The second kappa shape index (κ2) is 3.66. The Bertz CT molecular complexity index is 457. The Morgan fingerprint density at radius 2 is 2.40 bits per heavy atom. The first-order valence-corrected chi connectivity index (χ1v) is 5.50. The van der Waals surface area contributed by atoms with E-state index in [1.54, 1.807) is 0 Å². The van der Waals surface area contributed by atoms with E-state index in [9.17, 15) is 0 Å². The van der Waals surface area contributed by atoms with E-state index in [1.165, 1.54) is 24.8 Å². The fraction of sp³-hybridized carbons (Fsp3) is 0.417. The van der Waals surface area contributed by atoms with Crippen LogP contribution in [0.3, 0.4) is 0 Å². The molecule has 3 heteroatoms. The quantitative estimate of drug-likeness (QED) is 0.772. The molecule has 15 heavy (non-hydrogen) atoms. The number of nitrogens with one attached hydrogen (secondary N) is 1. The van der Waals surface area contributed by atoms with Crippen molar-refractivity contribution >= 4 is 11.1 Å². The van der Waals surface area contributed by atoms with Crippen molar-refractivity contribution in [3.05, 3.63) is 30.2 Å². The monoisotopic (exact) mass is 202 g/mol. The third-order valence-electron chi connectivity index (χ3n) is 3.04. The molecule has 0 amide bonds. The molecule has 0 bridgehead atoms. The van der Waals surface area contributed by atoms with Gasteiger partial charge in [0.1, 0.15) is 5.52 Å². The lowest BCUT2D eigenvalue weighted by molar-refractivity contribution is 0.410. The number of rotatable bonds is 1. The highest BCUT2D eigenvalue weighted by Crippen LogP contribution is 2.29. The third-order valence-corrected chi connectivity index (χ3v) is 3.04. The summed E-state index contributed by atoms with van der Waals surface area (Å²) >= 11 is 0. The molecule has 2 aromatic heterocycles. The van der Waals surface area contributed by atoms with E-state index in [0.29, 0.717) is 6.04 Å². The summed E-state index contributed by atoms with van der Waals surface area (Å²) in [4.78, 5) is 4.38. The zero-order chi connectivity index (χ0) is 10.1. The van der Waals surface area contributed by atoms with Gasteiger partial charge in [0, 0.05) is 17.8 Å². The van der Waals surface area contributed by atoms with Crippen molar-refractivity contribution in [2.75, 3.05) is 6.54 Å². The Morgan fingerprint density at radius 3 is 3.27 bits per heavy atom. The average Bonchev–Trinajstić information content (AvgIpc) is 2.74. The molecular weight excluding hydrogens is 188 g/mol. The van der Waals surface area contributed by atoms with Crippen molar-refractivity contribution in [2.45, 2.75) is 25.3 Å². The van der Waals surface area contributed by atoms with Crippen LogP contribution in [0.2, 0.25) is 0 Å². The van der Waals surface area contributed by atoms with Gasteiger partial charge in [0.25, 0.3) is 0 Å². The maximum atomic E-state index is 5.50. The Hall–Kier alpha value is -1.35. The molecule has 3 rings (SSSR count). The van der Waals surface area contributed by atoms with Crippen molar-refractivity contribution in [1.29, 1.82) is 0 Å². The second-order valence-electron chi connectivity index (χ2n) is 4.04. The van der Waals surface area contributed by atoms with Crippen LogP contribution in [0.15, 0.2) is 29.0 Å². The van der Waals surface area contributed by atoms with Crippen LogP contribution in [0.1, 0.15) is 30.9 Å². The standard InChI is InChI=1S/C12H14N2O/c1-2-6-13-10(4-1)9-8-15-11-5-3-7-14-12(9)11/h3,5,7-8,10,13H,1-2,4,6H2. The van der Waals surface area contributed by atoms with Crippen molar-refractivity contribution in [3.8, 4) is 0 Å². The minimum atomic E-state index is 0.426. The molecule has 78 valence electrons. The van der Waals surface area contributed by atoms with Crippen LogP contribution >= 0.6 is 0 Å². The van der Waals surface area contributed by atoms with Crippen LogP contribution in [0, 0.1) is 0 Å². The smallest absolute Gasteiger partial charge is 0.152 e. The van der Waals surface area contributed by atoms with E-state index >= 15 is 0 Å². The van der Waals surface area contributed by atoms with Crippen LogP contribution < -0.4 is 5.32 Å². The summed E-state index contributed by atoms with van der Waals surface area (Å²) in [6.07, 6.45) is 7.42. The lowest BCUT2D eigenvalue weighted by Crippen LogP contribution is -2.26. The third kappa shape index (κ3) is 1.53. The van der Waals surface area contributed by atoms with Crippen LogP contribution in [-0.2, 0) is 0 Å². The van der Waals surface area contributed by atoms with Crippen LogP contribution in [0.4, 0.5) is 0 Å². The van der Waals surface area contributed by atoms with E-state index in [4.69, 9.17) is 4.42 Å². The normalized spacial score (nSPS) is 22.0. The van der Waals surface area contributed by atoms with Gasteiger partial charge in [0.15, 0.2) is 5.58 Å². The van der Waals surface area contributed by atoms with E-state index in [-0.39, 0.29) is 0 Å². The summed E-state index contributed by atoms with van der Waals surface area (Å²) in [6.45, 7) is 1.10. The van der Waals surface area contributed by atoms with Crippen molar-refractivity contribution in [2.24, 2.45) is 0 Å². The molecular formula is C12H14N2O. The molecule has 0 aliphatic carbocycles. The summed E-state index contributed by atoms with van der Waals surface area (Å²) in [5.41, 5.74) is 3.11. The molecule has 1 saturated heterocycles. The van der Waals surface area contributed by atoms with Crippen molar-refractivity contribution < 1.29 is 4.42 Å². The lowest BCUT2D eigenvalue weighted by atomic mass is 9.99. The van der Waals surface area contributed by atoms with Gasteiger partial charge in [-0.25, -0.2) is 0 Å². The fourth-order valence-electron chi connectivity index (χ4n) is 2.25. The summed E-state index contributed by atoms with van der Waals surface area (Å²) < 4.78 is 5.50. The highest BCUT2D eigenvalue weighted by molar-refractivity contribution is 5.76. The number of piperidine rings is 1. The topological polar surface area (TPSA) is 38.1 Å². The van der Waals surface area contributed by atoms with Crippen LogP contribution in [0.25, 0.3) is 11.1 Å². The van der Waals surface area contributed by atoms with Crippen LogP contribution in [-0.4, -0.2) is 11.5 Å². The lowest BCUT2D eigenvalue weighted by Gasteiger charge is -2.22. The van der Waals surface area contributed by atoms with E-state index < -0.39 is 0 Å². The van der Waals surface area contributed by atoms with Gasteiger partial charge in [0.2, 0.25) is 0 Å². The van der Waals surface area contributed by atoms with Gasteiger partial charge in [-0.15, -0.1) is 0 Å². The average molecular weight is 202 g/mol.